The molecule has 24 heavy (non-hydrogen) atoms. The molecule has 120 valence electrons. The van der Waals surface area contributed by atoms with E-state index >= 15 is 0 Å². The fourth-order valence-corrected chi connectivity index (χ4v) is 3.71. The summed E-state index contributed by atoms with van der Waals surface area (Å²) in [5.41, 5.74) is 3.56. The van der Waals surface area contributed by atoms with Crippen LogP contribution in [0.5, 0.6) is 0 Å². The standard InChI is InChI=1S/C19H18N4O/c20-12-16-18(6-3-9-21-16)22-10-7-15(13-22)19(24)23-11-8-14-4-1-2-5-17(14)23/h1-6,9,15H,7-8,10-11,13H2. The van der Waals surface area contributed by atoms with Gasteiger partial charge in [0.05, 0.1) is 11.6 Å². The van der Waals surface area contributed by atoms with Gasteiger partial charge in [-0.1, -0.05) is 18.2 Å². The number of amides is 1. The Balaban J connectivity index is 1.52. The van der Waals surface area contributed by atoms with Crippen molar-refractivity contribution in [1.82, 2.24) is 4.98 Å². The summed E-state index contributed by atoms with van der Waals surface area (Å²) in [5, 5.41) is 9.22. The molecule has 0 bridgehead atoms. The summed E-state index contributed by atoms with van der Waals surface area (Å²) in [7, 11) is 0. The predicted octanol–water partition coefficient (Wildman–Crippen LogP) is 2.37. The molecule has 1 atom stereocenters. The van der Waals surface area contributed by atoms with E-state index < -0.39 is 0 Å². The van der Waals surface area contributed by atoms with Gasteiger partial charge < -0.3 is 9.80 Å². The van der Waals surface area contributed by atoms with Crippen molar-refractivity contribution in [3.63, 3.8) is 0 Å². The van der Waals surface area contributed by atoms with Crippen LogP contribution in [0.3, 0.4) is 0 Å². The molecule has 5 nitrogen and oxygen atoms in total. The van der Waals surface area contributed by atoms with E-state index in [0.29, 0.717) is 12.2 Å². The van der Waals surface area contributed by atoms with E-state index in [9.17, 15) is 10.1 Å². The molecule has 0 radical (unpaired) electrons. The van der Waals surface area contributed by atoms with Crippen LogP contribution in [0.15, 0.2) is 42.6 Å². The highest BCUT2D eigenvalue weighted by Crippen LogP contribution is 2.32. The molecule has 1 fully saturated rings. The summed E-state index contributed by atoms with van der Waals surface area (Å²) in [4.78, 5) is 21.1. The predicted molar refractivity (Wildman–Crippen MR) is 91.8 cm³/mol. The highest BCUT2D eigenvalue weighted by Gasteiger charge is 2.35. The fourth-order valence-electron chi connectivity index (χ4n) is 3.71. The number of carbonyl (C=O) groups is 1. The van der Waals surface area contributed by atoms with Crippen LogP contribution in [0.2, 0.25) is 0 Å². The summed E-state index contributed by atoms with van der Waals surface area (Å²) < 4.78 is 0. The molecule has 1 aromatic heterocycles. The number of hydrogen-bond donors (Lipinski definition) is 0. The molecule has 1 unspecified atom stereocenters. The number of pyridine rings is 1. The molecule has 2 aliphatic rings. The second-order valence-corrected chi connectivity index (χ2v) is 6.28. The lowest BCUT2D eigenvalue weighted by Gasteiger charge is -2.22. The molecule has 2 aliphatic heterocycles. The Morgan fingerprint density at radius 2 is 2.00 bits per heavy atom. The van der Waals surface area contributed by atoms with E-state index in [4.69, 9.17) is 0 Å². The number of benzene rings is 1. The summed E-state index contributed by atoms with van der Waals surface area (Å²) >= 11 is 0. The van der Waals surface area contributed by atoms with E-state index in [1.54, 1.807) is 6.20 Å². The number of nitriles is 1. The maximum atomic E-state index is 13.0. The lowest BCUT2D eigenvalue weighted by Crippen LogP contribution is -2.36. The van der Waals surface area contributed by atoms with Crippen LogP contribution in [-0.2, 0) is 11.2 Å². The second kappa shape index (κ2) is 5.97. The average molecular weight is 318 g/mol. The van der Waals surface area contributed by atoms with Crippen LogP contribution in [0, 0.1) is 17.2 Å². The van der Waals surface area contributed by atoms with Gasteiger partial charge in [-0.15, -0.1) is 0 Å². The third-order valence-corrected chi connectivity index (χ3v) is 4.92. The molecule has 3 heterocycles. The highest BCUT2D eigenvalue weighted by atomic mass is 16.2. The Kier molecular flexibility index (Phi) is 3.66. The lowest BCUT2D eigenvalue weighted by molar-refractivity contribution is -0.121. The second-order valence-electron chi connectivity index (χ2n) is 6.28. The van der Waals surface area contributed by atoms with E-state index in [-0.39, 0.29) is 11.8 Å². The summed E-state index contributed by atoms with van der Waals surface area (Å²) in [6.45, 7) is 2.20. The van der Waals surface area contributed by atoms with Crippen molar-refractivity contribution in [3.05, 3.63) is 53.9 Å². The fraction of sp³-hybridized carbons (Fsp3) is 0.316. The smallest absolute Gasteiger partial charge is 0.231 e. The van der Waals surface area contributed by atoms with Gasteiger partial charge in [-0.2, -0.15) is 5.26 Å². The maximum Gasteiger partial charge on any atom is 0.231 e. The van der Waals surface area contributed by atoms with E-state index in [2.05, 4.69) is 22.0 Å². The van der Waals surface area contributed by atoms with Crippen LogP contribution >= 0.6 is 0 Å². The van der Waals surface area contributed by atoms with Gasteiger partial charge in [-0.05, 0) is 36.6 Å². The zero-order valence-electron chi connectivity index (χ0n) is 13.4. The van der Waals surface area contributed by atoms with Gasteiger partial charge in [0.2, 0.25) is 5.91 Å². The van der Waals surface area contributed by atoms with Crippen molar-refractivity contribution >= 4 is 17.3 Å². The number of aromatic nitrogens is 1. The molecule has 5 heteroatoms. The SMILES string of the molecule is N#Cc1ncccc1N1CCC(C(=O)N2CCc3ccccc32)C1. The Labute approximate surface area is 141 Å². The zero-order chi connectivity index (χ0) is 16.5. The first-order chi connectivity index (χ1) is 11.8. The van der Waals surface area contributed by atoms with Crippen molar-refractivity contribution in [2.24, 2.45) is 5.92 Å². The van der Waals surface area contributed by atoms with Crippen molar-refractivity contribution in [3.8, 4) is 6.07 Å². The van der Waals surface area contributed by atoms with Crippen LogP contribution in [-0.4, -0.2) is 30.5 Å². The Hall–Kier alpha value is -2.87. The molecular weight excluding hydrogens is 300 g/mol. The number of carbonyl (C=O) groups excluding carboxylic acids is 1. The molecule has 0 aliphatic carbocycles. The first kappa shape index (κ1) is 14.7. The monoisotopic (exact) mass is 318 g/mol. The minimum absolute atomic E-state index is 0.0251. The lowest BCUT2D eigenvalue weighted by atomic mass is 10.1. The first-order valence-corrected chi connectivity index (χ1v) is 8.27. The summed E-state index contributed by atoms with van der Waals surface area (Å²) in [6, 6.07) is 14.0. The molecule has 2 aromatic rings. The molecular formula is C19H18N4O. The average Bonchev–Trinajstić information content (AvgIpc) is 3.28. The van der Waals surface area contributed by atoms with Crippen LogP contribution in [0.4, 0.5) is 11.4 Å². The first-order valence-electron chi connectivity index (χ1n) is 8.27. The van der Waals surface area contributed by atoms with Gasteiger partial charge in [-0.3, -0.25) is 4.79 Å². The Morgan fingerprint density at radius 1 is 1.17 bits per heavy atom. The third-order valence-electron chi connectivity index (χ3n) is 4.92. The van der Waals surface area contributed by atoms with E-state index in [0.717, 1.165) is 37.3 Å². The molecule has 0 spiro atoms. The van der Waals surface area contributed by atoms with E-state index in [1.807, 2.05) is 35.2 Å². The largest absolute Gasteiger partial charge is 0.368 e. The number of hydrogen-bond acceptors (Lipinski definition) is 4. The highest BCUT2D eigenvalue weighted by molar-refractivity contribution is 5.97. The molecule has 1 saturated heterocycles. The maximum absolute atomic E-state index is 13.0. The number of anilines is 2. The number of nitrogens with zero attached hydrogens (tertiary/aromatic N) is 4. The summed E-state index contributed by atoms with van der Waals surface area (Å²) in [5.74, 6) is 0.174. The van der Waals surface area contributed by atoms with Gasteiger partial charge in [0.25, 0.3) is 0 Å². The van der Waals surface area contributed by atoms with Gasteiger partial charge in [0.1, 0.15) is 6.07 Å². The van der Waals surface area contributed by atoms with Crippen molar-refractivity contribution in [1.29, 1.82) is 5.26 Å². The quantitative estimate of drug-likeness (QED) is 0.853. The minimum atomic E-state index is -0.0251. The molecule has 0 N–H and O–H groups in total. The Bertz CT molecular complexity index is 826. The van der Waals surface area contributed by atoms with Gasteiger partial charge in [0, 0.05) is 31.5 Å². The third kappa shape index (κ3) is 2.41. The molecule has 0 saturated carbocycles. The number of rotatable bonds is 2. The van der Waals surface area contributed by atoms with Gasteiger partial charge in [0.15, 0.2) is 5.69 Å². The normalized spacial score (nSPS) is 19.2. The molecule has 1 amide bonds. The van der Waals surface area contributed by atoms with Crippen molar-refractivity contribution in [2.75, 3.05) is 29.4 Å². The molecule has 1 aromatic carbocycles. The van der Waals surface area contributed by atoms with Crippen LogP contribution in [0.25, 0.3) is 0 Å². The van der Waals surface area contributed by atoms with Crippen LogP contribution in [0.1, 0.15) is 17.7 Å². The minimum Gasteiger partial charge on any atom is -0.368 e. The van der Waals surface area contributed by atoms with E-state index in [1.165, 1.54) is 5.56 Å². The van der Waals surface area contributed by atoms with Crippen LogP contribution < -0.4 is 9.80 Å². The topological polar surface area (TPSA) is 60.2 Å². The zero-order valence-corrected chi connectivity index (χ0v) is 13.4. The Morgan fingerprint density at radius 3 is 2.88 bits per heavy atom. The van der Waals surface area contributed by atoms with Crippen molar-refractivity contribution in [2.45, 2.75) is 12.8 Å². The van der Waals surface area contributed by atoms with Gasteiger partial charge in [-0.25, -0.2) is 4.98 Å². The summed E-state index contributed by atoms with van der Waals surface area (Å²) in [6.07, 6.45) is 3.37. The van der Waals surface area contributed by atoms with Crippen molar-refractivity contribution < 1.29 is 4.79 Å². The number of para-hydroxylation sites is 1. The van der Waals surface area contributed by atoms with Gasteiger partial charge >= 0.3 is 0 Å². The molecule has 4 rings (SSSR count). The number of fused-ring (bicyclic) bond motifs is 1.